The van der Waals surface area contributed by atoms with Crippen molar-refractivity contribution in [3.8, 4) is 0 Å². The molecule has 1 aliphatic heterocycles. The van der Waals surface area contributed by atoms with Crippen molar-refractivity contribution < 1.29 is 18.0 Å². The molecule has 28 heavy (non-hydrogen) atoms. The van der Waals surface area contributed by atoms with Crippen LogP contribution in [0.2, 0.25) is 5.02 Å². The molecule has 0 unspecified atom stereocenters. The molecule has 0 aliphatic carbocycles. The van der Waals surface area contributed by atoms with E-state index in [-0.39, 0.29) is 11.9 Å². The SMILES string of the molecule is O=C(/C=C/c1cccc(Cl)c1)NC1CCN(c2ccc(C(F)(F)F)cn2)CC1. The average molecular weight is 410 g/mol. The van der Waals surface area contributed by atoms with Gasteiger partial charge in [-0.3, -0.25) is 4.79 Å². The van der Waals surface area contributed by atoms with Crippen molar-refractivity contribution in [2.75, 3.05) is 18.0 Å². The molecule has 3 rings (SSSR count). The number of alkyl halides is 3. The van der Waals surface area contributed by atoms with Gasteiger partial charge < -0.3 is 10.2 Å². The molecule has 1 amide bonds. The van der Waals surface area contributed by atoms with E-state index in [0.29, 0.717) is 36.8 Å². The molecule has 8 heteroatoms. The summed E-state index contributed by atoms with van der Waals surface area (Å²) in [5, 5.41) is 3.55. The molecule has 2 aromatic rings. The van der Waals surface area contributed by atoms with Gasteiger partial charge in [-0.1, -0.05) is 23.7 Å². The Morgan fingerprint density at radius 2 is 1.96 bits per heavy atom. The highest BCUT2D eigenvalue weighted by atomic mass is 35.5. The second-order valence-corrected chi connectivity index (χ2v) is 7.00. The van der Waals surface area contributed by atoms with E-state index in [9.17, 15) is 18.0 Å². The molecule has 1 N–H and O–H groups in total. The van der Waals surface area contributed by atoms with E-state index in [2.05, 4.69) is 10.3 Å². The highest BCUT2D eigenvalue weighted by molar-refractivity contribution is 6.30. The van der Waals surface area contributed by atoms with Crippen molar-refractivity contribution in [3.05, 3.63) is 64.8 Å². The standard InChI is InChI=1S/C20H19ClF3N3O/c21-16-3-1-2-14(12-16)4-7-19(28)26-17-8-10-27(11-9-17)18-6-5-15(13-25-18)20(22,23)24/h1-7,12-13,17H,8-11H2,(H,26,28)/b7-4+. The molecule has 1 aromatic carbocycles. The summed E-state index contributed by atoms with van der Waals surface area (Å²) in [6, 6.07) is 9.63. The highest BCUT2D eigenvalue weighted by Crippen LogP contribution is 2.29. The molecule has 0 atom stereocenters. The van der Waals surface area contributed by atoms with E-state index in [1.807, 2.05) is 17.0 Å². The van der Waals surface area contributed by atoms with Gasteiger partial charge in [-0.2, -0.15) is 13.2 Å². The fraction of sp³-hybridized carbons (Fsp3) is 0.300. The summed E-state index contributed by atoms with van der Waals surface area (Å²) in [7, 11) is 0. The molecule has 4 nitrogen and oxygen atoms in total. The summed E-state index contributed by atoms with van der Waals surface area (Å²) in [5.74, 6) is 0.324. The van der Waals surface area contributed by atoms with Gasteiger partial charge in [0, 0.05) is 36.4 Å². The Kier molecular flexibility index (Phi) is 6.24. The fourth-order valence-corrected chi connectivity index (χ4v) is 3.22. The van der Waals surface area contributed by atoms with Gasteiger partial charge in [0.15, 0.2) is 0 Å². The molecule has 1 aliphatic rings. The first-order valence-electron chi connectivity index (χ1n) is 8.83. The molecular weight excluding hydrogens is 391 g/mol. The Bertz CT molecular complexity index is 845. The lowest BCUT2D eigenvalue weighted by molar-refractivity contribution is -0.137. The van der Waals surface area contributed by atoms with Crippen LogP contribution >= 0.6 is 11.6 Å². The summed E-state index contributed by atoms with van der Waals surface area (Å²) in [6.07, 6.45) is 1.02. The number of halogens is 4. The molecule has 1 saturated heterocycles. The lowest BCUT2D eigenvalue weighted by Crippen LogP contribution is -2.44. The van der Waals surface area contributed by atoms with E-state index >= 15 is 0 Å². The van der Waals surface area contributed by atoms with Gasteiger partial charge in [0.25, 0.3) is 0 Å². The van der Waals surface area contributed by atoms with Crippen molar-refractivity contribution >= 4 is 29.4 Å². The zero-order valence-electron chi connectivity index (χ0n) is 14.9. The lowest BCUT2D eigenvalue weighted by atomic mass is 10.0. The van der Waals surface area contributed by atoms with Crippen molar-refractivity contribution in [2.45, 2.75) is 25.1 Å². The normalized spacial score (nSPS) is 15.8. The number of nitrogens with zero attached hydrogens (tertiary/aromatic N) is 2. The van der Waals surface area contributed by atoms with Crippen LogP contribution < -0.4 is 10.2 Å². The number of carbonyl (C=O) groups excluding carboxylic acids is 1. The van der Waals surface area contributed by atoms with Crippen LogP contribution in [0.3, 0.4) is 0 Å². The Labute approximate surface area is 166 Å². The third-order valence-electron chi connectivity index (χ3n) is 4.52. The number of hydrogen-bond acceptors (Lipinski definition) is 3. The number of benzene rings is 1. The number of piperidine rings is 1. The van der Waals surface area contributed by atoms with E-state index in [0.717, 1.165) is 17.8 Å². The molecule has 0 radical (unpaired) electrons. The predicted molar refractivity (Wildman–Crippen MR) is 103 cm³/mol. The number of hydrogen-bond donors (Lipinski definition) is 1. The van der Waals surface area contributed by atoms with Crippen LogP contribution in [-0.4, -0.2) is 30.0 Å². The quantitative estimate of drug-likeness (QED) is 0.753. The van der Waals surface area contributed by atoms with Crippen LogP contribution in [0.5, 0.6) is 0 Å². The summed E-state index contributed by atoms with van der Waals surface area (Å²) < 4.78 is 37.9. The van der Waals surface area contributed by atoms with Crippen molar-refractivity contribution in [2.24, 2.45) is 0 Å². The summed E-state index contributed by atoms with van der Waals surface area (Å²) in [5.41, 5.74) is 0.0794. The molecule has 148 valence electrons. The third kappa shape index (κ3) is 5.48. The number of aromatic nitrogens is 1. The van der Waals surface area contributed by atoms with Crippen LogP contribution in [0.1, 0.15) is 24.0 Å². The molecule has 1 aromatic heterocycles. The average Bonchev–Trinajstić information content (AvgIpc) is 2.67. The van der Waals surface area contributed by atoms with Gasteiger partial charge in [-0.05, 0) is 48.7 Å². The topological polar surface area (TPSA) is 45.2 Å². The summed E-state index contributed by atoms with van der Waals surface area (Å²) >= 11 is 5.91. The van der Waals surface area contributed by atoms with Crippen LogP contribution in [0, 0.1) is 0 Å². The number of pyridine rings is 1. The van der Waals surface area contributed by atoms with Crippen LogP contribution in [0.15, 0.2) is 48.7 Å². The van der Waals surface area contributed by atoms with Crippen LogP contribution in [-0.2, 0) is 11.0 Å². The first-order valence-corrected chi connectivity index (χ1v) is 9.21. The minimum absolute atomic E-state index is 0.0159. The number of carbonyl (C=O) groups is 1. The Morgan fingerprint density at radius 1 is 1.21 bits per heavy atom. The smallest absolute Gasteiger partial charge is 0.356 e. The number of rotatable bonds is 4. The first-order chi connectivity index (χ1) is 13.3. The second kappa shape index (κ2) is 8.65. The largest absolute Gasteiger partial charge is 0.417 e. The van der Waals surface area contributed by atoms with Gasteiger partial charge in [-0.15, -0.1) is 0 Å². The maximum atomic E-state index is 12.6. The predicted octanol–water partition coefficient (Wildman–Crippen LogP) is 4.55. The molecule has 0 bridgehead atoms. The van der Waals surface area contributed by atoms with Crippen molar-refractivity contribution in [3.63, 3.8) is 0 Å². The minimum Gasteiger partial charge on any atom is -0.356 e. The van der Waals surface area contributed by atoms with Crippen LogP contribution in [0.4, 0.5) is 19.0 Å². The first kappa shape index (κ1) is 20.2. The third-order valence-corrected chi connectivity index (χ3v) is 4.75. The molecule has 1 fully saturated rings. The maximum absolute atomic E-state index is 12.6. The summed E-state index contributed by atoms with van der Waals surface area (Å²) in [4.78, 5) is 17.9. The number of amides is 1. The van der Waals surface area contributed by atoms with Gasteiger partial charge >= 0.3 is 6.18 Å². The second-order valence-electron chi connectivity index (χ2n) is 6.56. The van der Waals surface area contributed by atoms with Crippen molar-refractivity contribution in [1.29, 1.82) is 0 Å². The molecule has 0 saturated carbocycles. The van der Waals surface area contributed by atoms with E-state index in [1.165, 1.54) is 12.1 Å². The van der Waals surface area contributed by atoms with Gasteiger partial charge in [0.05, 0.1) is 5.56 Å². The Morgan fingerprint density at radius 3 is 2.57 bits per heavy atom. The zero-order valence-corrected chi connectivity index (χ0v) is 15.7. The number of nitrogens with one attached hydrogen (secondary N) is 1. The maximum Gasteiger partial charge on any atom is 0.417 e. The fourth-order valence-electron chi connectivity index (χ4n) is 3.03. The zero-order chi connectivity index (χ0) is 20.1. The van der Waals surface area contributed by atoms with Gasteiger partial charge in [0.2, 0.25) is 5.91 Å². The molecule has 2 heterocycles. The molecular formula is C20H19ClF3N3O. The monoisotopic (exact) mass is 409 g/mol. The van der Waals surface area contributed by atoms with E-state index < -0.39 is 11.7 Å². The summed E-state index contributed by atoms with van der Waals surface area (Å²) in [6.45, 7) is 1.22. The minimum atomic E-state index is -4.39. The van der Waals surface area contributed by atoms with E-state index in [4.69, 9.17) is 11.6 Å². The number of anilines is 1. The van der Waals surface area contributed by atoms with E-state index in [1.54, 1.807) is 18.2 Å². The van der Waals surface area contributed by atoms with Crippen LogP contribution in [0.25, 0.3) is 6.08 Å². The van der Waals surface area contributed by atoms with Gasteiger partial charge in [0.1, 0.15) is 5.82 Å². The molecule has 0 spiro atoms. The lowest BCUT2D eigenvalue weighted by Gasteiger charge is -2.33. The Hall–Kier alpha value is -2.54. The Balaban J connectivity index is 1.49. The van der Waals surface area contributed by atoms with Crippen molar-refractivity contribution in [1.82, 2.24) is 10.3 Å². The highest BCUT2D eigenvalue weighted by Gasteiger charge is 2.31. The van der Waals surface area contributed by atoms with Gasteiger partial charge in [-0.25, -0.2) is 4.98 Å².